The van der Waals surface area contributed by atoms with E-state index in [1.165, 1.54) is 0 Å². The van der Waals surface area contributed by atoms with E-state index in [9.17, 15) is 5.11 Å². The standard InChI is InChI=1S/C14H19ClN4O/c1-3-9(2)19-12-6-13(15)16-7-11(12)14(17-19)18-5-4-10(20)8-18/h6-7,9-10,20H,3-5,8H2,1-2H3/t9?,10-/m1/s1. The van der Waals surface area contributed by atoms with Crippen molar-refractivity contribution in [1.82, 2.24) is 14.8 Å². The van der Waals surface area contributed by atoms with Crippen LogP contribution in [0.4, 0.5) is 5.82 Å². The average molecular weight is 295 g/mol. The highest BCUT2D eigenvalue weighted by Gasteiger charge is 2.25. The number of aliphatic hydroxyl groups excluding tert-OH is 1. The lowest BCUT2D eigenvalue weighted by Crippen LogP contribution is -2.22. The van der Waals surface area contributed by atoms with E-state index in [1.54, 1.807) is 6.20 Å². The number of nitrogens with zero attached hydrogens (tertiary/aromatic N) is 4. The molecule has 5 nitrogen and oxygen atoms in total. The molecule has 108 valence electrons. The van der Waals surface area contributed by atoms with Crippen molar-refractivity contribution in [3.05, 3.63) is 17.4 Å². The number of aromatic nitrogens is 3. The van der Waals surface area contributed by atoms with Gasteiger partial charge in [-0.15, -0.1) is 0 Å². The Morgan fingerprint density at radius 3 is 3.00 bits per heavy atom. The molecule has 0 saturated carbocycles. The third kappa shape index (κ3) is 2.25. The molecule has 2 aromatic heterocycles. The van der Waals surface area contributed by atoms with Gasteiger partial charge in [-0.2, -0.15) is 5.10 Å². The molecule has 2 atom stereocenters. The van der Waals surface area contributed by atoms with Crippen LogP contribution in [0.5, 0.6) is 0 Å². The monoisotopic (exact) mass is 294 g/mol. The Morgan fingerprint density at radius 2 is 2.35 bits per heavy atom. The minimum absolute atomic E-state index is 0.265. The van der Waals surface area contributed by atoms with Crippen molar-refractivity contribution in [2.75, 3.05) is 18.0 Å². The number of anilines is 1. The summed E-state index contributed by atoms with van der Waals surface area (Å²) in [4.78, 5) is 6.31. The third-order valence-electron chi connectivity index (χ3n) is 4.01. The van der Waals surface area contributed by atoms with E-state index in [-0.39, 0.29) is 6.10 Å². The Balaban J connectivity index is 2.12. The largest absolute Gasteiger partial charge is 0.391 e. The van der Waals surface area contributed by atoms with Crippen molar-refractivity contribution in [2.45, 2.75) is 38.8 Å². The summed E-state index contributed by atoms with van der Waals surface area (Å²) in [7, 11) is 0. The molecule has 3 rings (SSSR count). The first-order valence-corrected chi connectivity index (χ1v) is 7.44. The maximum Gasteiger partial charge on any atom is 0.160 e. The number of β-amino-alcohol motifs (C(OH)–C–C–N with tert-alkyl or cyclic N) is 1. The summed E-state index contributed by atoms with van der Waals surface area (Å²) in [5, 5.41) is 16.0. The molecule has 0 aliphatic carbocycles. The molecule has 0 amide bonds. The van der Waals surface area contributed by atoms with Crippen LogP contribution in [0.25, 0.3) is 10.9 Å². The molecule has 1 aliphatic rings. The van der Waals surface area contributed by atoms with Gasteiger partial charge in [-0.3, -0.25) is 4.68 Å². The molecule has 1 fully saturated rings. The first-order chi connectivity index (χ1) is 9.60. The zero-order valence-corrected chi connectivity index (χ0v) is 12.5. The molecule has 1 N–H and O–H groups in total. The van der Waals surface area contributed by atoms with Gasteiger partial charge in [0.25, 0.3) is 0 Å². The molecule has 1 aliphatic heterocycles. The van der Waals surface area contributed by atoms with Crippen molar-refractivity contribution in [2.24, 2.45) is 0 Å². The minimum atomic E-state index is -0.265. The van der Waals surface area contributed by atoms with Crippen molar-refractivity contribution >= 4 is 28.3 Å². The fraction of sp³-hybridized carbons (Fsp3) is 0.571. The molecule has 1 saturated heterocycles. The van der Waals surface area contributed by atoms with E-state index in [4.69, 9.17) is 16.7 Å². The SMILES string of the molecule is CCC(C)n1nc(N2CC[C@@H](O)C2)c2cnc(Cl)cc21. The minimum Gasteiger partial charge on any atom is -0.391 e. The first kappa shape index (κ1) is 13.6. The van der Waals surface area contributed by atoms with Crippen LogP contribution in [-0.4, -0.2) is 39.1 Å². The fourth-order valence-electron chi connectivity index (χ4n) is 2.67. The molecule has 0 bridgehead atoms. The van der Waals surface area contributed by atoms with Crippen LogP contribution < -0.4 is 4.90 Å². The van der Waals surface area contributed by atoms with Gasteiger partial charge < -0.3 is 10.0 Å². The summed E-state index contributed by atoms with van der Waals surface area (Å²) in [6, 6.07) is 2.17. The maximum absolute atomic E-state index is 9.73. The van der Waals surface area contributed by atoms with Gasteiger partial charge in [-0.25, -0.2) is 4.98 Å². The lowest BCUT2D eigenvalue weighted by atomic mass is 10.2. The third-order valence-corrected chi connectivity index (χ3v) is 4.22. The number of hydrogen-bond acceptors (Lipinski definition) is 4. The van der Waals surface area contributed by atoms with Gasteiger partial charge >= 0.3 is 0 Å². The number of rotatable bonds is 3. The van der Waals surface area contributed by atoms with Crippen molar-refractivity contribution in [1.29, 1.82) is 0 Å². The topological polar surface area (TPSA) is 54.2 Å². The van der Waals surface area contributed by atoms with Crippen molar-refractivity contribution in [3.63, 3.8) is 0 Å². The zero-order valence-electron chi connectivity index (χ0n) is 11.8. The van der Waals surface area contributed by atoms with Crippen LogP contribution in [0.2, 0.25) is 5.15 Å². The Bertz CT molecular complexity index is 627. The second kappa shape index (κ2) is 5.22. The molecule has 0 spiro atoms. The number of hydrogen-bond donors (Lipinski definition) is 1. The zero-order chi connectivity index (χ0) is 14.3. The molecule has 6 heteroatoms. The van der Waals surface area contributed by atoms with Gasteiger partial charge in [-0.1, -0.05) is 18.5 Å². The summed E-state index contributed by atoms with van der Waals surface area (Å²) >= 11 is 6.02. The number of fused-ring (bicyclic) bond motifs is 1. The van der Waals surface area contributed by atoms with Gasteiger partial charge in [0.05, 0.1) is 17.0 Å². The summed E-state index contributed by atoms with van der Waals surface area (Å²) < 4.78 is 2.02. The average Bonchev–Trinajstić information content (AvgIpc) is 3.01. The van der Waals surface area contributed by atoms with Gasteiger partial charge in [0, 0.05) is 31.4 Å². The van der Waals surface area contributed by atoms with Crippen LogP contribution in [0.1, 0.15) is 32.7 Å². The van der Waals surface area contributed by atoms with Gasteiger partial charge in [0.1, 0.15) is 5.15 Å². The molecule has 0 radical (unpaired) electrons. The van der Waals surface area contributed by atoms with Crippen molar-refractivity contribution < 1.29 is 5.11 Å². The van der Waals surface area contributed by atoms with Crippen LogP contribution in [0.3, 0.4) is 0 Å². The number of pyridine rings is 1. The highest BCUT2D eigenvalue weighted by atomic mass is 35.5. The lowest BCUT2D eigenvalue weighted by Gasteiger charge is -2.15. The molecule has 20 heavy (non-hydrogen) atoms. The van der Waals surface area contributed by atoms with Crippen LogP contribution in [0, 0.1) is 0 Å². The number of halogens is 1. The van der Waals surface area contributed by atoms with Crippen LogP contribution in [-0.2, 0) is 0 Å². The highest BCUT2D eigenvalue weighted by molar-refractivity contribution is 6.30. The molecular weight excluding hydrogens is 276 g/mol. The molecule has 1 unspecified atom stereocenters. The molecule has 3 heterocycles. The second-order valence-corrected chi connectivity index (χ2v) is 5.83. The highest BCUT2D eigenvalue weighted by Crippen LogP contribution is 2.31. The summed E-state index contributed by atoms with van der Waals surface area (Å²) in [6.07, 6.45) is 3.31. The van der Waals surface area contributed by atoms with Gasteiger partial charge in [-0.05, 0) is 19.8 Å². The summed E-state index contributed by atoms with van der Waals surface area (Å²) in [5.74, 6) is 0.904. The van der Waals surface area contributed by atoms with Crippen LogP contribution in [0.15, 0.2) is 12.3 Å². The summed E-state index contributed by atoms with van der Waals surface area (Å²) in [5.41, 5.74) is 1.01. The summed E-state index contributed by atoms with van der Waals surface area (Å²) in [6.45, 7) is 5.75. The van der Waals surface area contributed by atoms with Gasteiger partial charge in [0.15, 0.2) is 5.82 Å². The van der Waals surface area contributed by atoms with Crippen LogP contribution >= 0.6 is 11.6 Å². The normalized spacial score (nSPS) is 20.8. The molecule has 2 aromatic rings. The number of aliphatic hydroxyl groups is 1. The Hall–Kier alpha value is -1.33. The van der Waals surface area contributed by atoms with Crippen molar-refractivity contribution in [3.8, 4) is 0 Å². The fourth-order valence-corrected chi connectivity index (χ4v) is 2.82. The molecule has 0 aromatic carbocycles. The van der Waals surface area contributed by atoms with E-state index in [0.29, 0.717) is 17.7 Å². The lowest BCUT2D eigenvalue weighted by molar-refractivity contribution is 0.198. The van der Waals surface area contributed by atoms with E-state index in [2.05, 4.69) is 23.7 Å². The molecular formula is C14H19ClN4O. The predicted molar refractivity (Wildman–Crippen MR) is 80.4 cm³/mol. The van der Waals surface area contributed by atoms with E-state index in [0.717, 1.165) is 36.1 Å². The first-order valence-electron chi connectivity index (χ1n) is 7.07. The second-order valence-electron chi connectivity index (χ2n) is 5.44. The van der Waals surface area contributed by atoms with E-state index < -0.39 is 0 Å². The smallest absolute Gasteiger partial charge is 0.160 e. The maximum atomic E-state index is 9.73. The predicted octanol–water partition coefficient (Wildman–Crippen LogP) is 2.63. The Morgan fingerprint density at radius 1 is 1.55 bits per heavy atom. The van der Waals surface area contributed by atoms with Gasteiger partial charge in [0.2, 0.25) is 0 Å². The Labute approximate surface area is 123 Å². The van der Waals surface area contributed by atoms with E-state index in [1.807, 2.05) is 10.7 Å². The van der Waals surface area contributed by atoms with E-state index >= 15 is 0 Å². The Kier molecular flexibility index (Phi) is 3.56. The quantitative estimate of drug-likeness (QED) is 0.884.